The Morgan fingerprint density at radius 2 is 2.40 bits per heavy atom. The molecule has 1 saturated heterocycles. The largest absolute Gasteiger partial charge is 0.465 e. The van der Waals surface area contributed by atoms with Crippen LogP contribution in [0.1, 0.15) is 0 Å². The summed E-state index contributed by atoms with van der Waals surface area (Å²) in [5.74, 6) is 0. The van der Waals surface area contributed by atoms with Gasteiger partial charge in [-0.15, -0.1) is 0 Å². The zero-order chi connectivity index (χ0) is 7.56. The third-order valence-corrected chi connectivity index (χ3v) is 2.22. The number of nitrogens with one attached hydrogen (secondary N) is 1. The Morgan fingerprint density at radius 3 is 2.80 bits per heavy atom. The van der Waals surface area contributed by atoms with Crippen LogP contribution < -0.4 is 5.32 Å². The summed E-state index contributed by atoms with van der Waals surface area (Å²) in [6.07, 6.45) is -1.00. The summed E-state index contributed by atoms with van der Waals surface area (Å²) in [5.41, 5.74) is 0. The maximum absolute atomic E-state index is 10.1. The van der Waals surface area contributed by atoms with Crippen molar-refractivity contribution in [3.05, 3.63) is 0 Å². The molecule has 0 spiro atoms. The van der Waals surface area contributed by atoms with Crippen LogP contribution >= 0.6 is 15.9 Å². The first-order valence-electron chi connectivity index (χ1n) is 2.91. The standard InChI is InChI=1S/C5H8BrNO3/c6-3-1-10-2-4(3)7-5(8)9/h3-4,7H,1-2H2,(H,8,9)/t3-,4+/m0/s1. The number of hydrogen-bond acceptors (Lipinski definition) is 2. The predicted octanol–water partition coefficient (Wildman–Crippen LogP) is 0.416. The van der Waals surface area contributed by atoms with Gasteiger partial charge >= 0.3 is 6.09 Å². The minimum Gasteiger partial charge on any atom is -0.465 e. The van der Waals surface area contributed by atoms with Crippen molar-refractivity contribution < 1.29 is 14.6 Å². The number of hydrogen-bond donors (Lipinski definition) is 2. The van der Waals surface area contributed by atoms with E-state index in [9.17, 15) is 4.79 Å². The van der Waals surface area contributed by atoms with E-state index in [1.54, 1.807) is 0 Å². The van der Waals surface area contributed by atoms with Gasteiger partial charge in [0.2, 0.25) is 0 Å². The summed E-state index contributed by atoms with van der Waals surface area (Å²) in [6, 6.07) is -0.0995. The summed E-state index contributed by atoms with van der Waals surface area (Å²) in [5, 5.41) is 10.6. The van der Waals surface area contributed by atoms with Crippen LogP contribution in [0.3, 0.4) is 0 Å². The fraction of sp³-hybridized carbons (Fsp3) is 0.800. The fourth-order valence-corrected chi connectivity index (χ4v) is 1.29. The van der Waals surface area contributed by atoms with Gasteiger partial charge < -0.3 is 15.2 Å². The van der Waals surface area contributed by atoms with E-state index in [0.717, 1.165) is 0 Å². The normalized spacial score (nSPS) is 32.1. The van der Waals surface area contributed by atoms with Crippen molar-refractivity contribution in [1.82, 2.24) is 5.32 Å². The van der Waals surface area contributed by atoms with Crippen LogP contribution in [-0.4, -0.2) is 35.3 Å². The molecule has 0 bridgehead atoms. The summed E-state index contributed by atoms with van der Waals surface area (Å²) < 4.78 is 5.00. The maximum atomic E-state index is 10.1. The van der Waals surface area contributed by atoms with Crippen LogP contribution in [0.4, 0.5) is 4.79 Å². The van der Waals surface area contributed by atoms with Crippen molar-refractivity contribution in [3.8, 4) is 0 Å². The molecule has 0 aromatic carbocycles. The van der Waals surface area contributed by atoms with E-state index in [1.807, 2.05) is 0 Å². The van der Waals surface area contributed by atoms with E-state index in [2.05, 4.69) is 21.2 Å². The Labute approximate surface area is 66.7 Å². The quantitative estimate of drug-likeness (QED) is 0.616. The first-order chi connectivity index (χ1) is 4.70. The lowest BCUT2D eigenvalue weighted by Crippen LogP contribution is -2.39. The van der Waals surface area contributed by atoms with Crippen molar-refractivity contribution in [2.24, 2.45) is 0 Å². The predicted molar refractivity (Wildman–Crippen MR) is 38.5 cm³/mol. The second-order valence-corrected chi connectivity index (χ2v) is 3.29. The molecule has 0 unspecified atom stereocenters. The summed E-state index contributed by atoms with van der Waals surface area (Å²) in [6.45, 7) is 1.03. The Hall–Kier alpha value is -0.290. The Kier molecular flexibility index (Phi) is 2.50. The van der Waals surface area contributed by atoms with Gasteiger partial charge in [0, 0.05) is 0 Å². The SMILES string of the molecule is O=C(O)N[C@@H]1COC[C@@H]1Br. The summed E-state index contributed by atoms with van der Waals surface area (Å²) in [4.78, 5) is 10.2. The Morgan fingerprint density at radius 1 is 1.70 bits per heavy atom. The van der Waals surface area contributed by atoms with Crippen molar-refractivity contribution in [2.75, 3.05) is 13.2 Å². The van der Waals surface area contributed by atoms with Gasteiger partial charge in [-0.25, -0.2) is 4.79 Å². The number of ether oxygens (including phenoxy) is 1. The molecule has 4 nitrogen and oxygen atoms in total. The van der Waals surface area contributed by atoms with E-state index >= 15 is 0 Å². The summed E-state index contributed by atoms with van der Waals surface area (Å²) in [7, 11) is 0. The molecule has 0 aromatic heterocycles. The molecule has 1 aliphatic heterocycles. The van der Waals surface area contributed by atoms with Crippen LogP contribution in [0.2, 0.25) is 0 Å². The first kappa shape index (κ1) is 7.81. The van der Waals surface area contributed by atoms with Gasteiger partial charge in [-0.1, -0.05) is 15.9 Å². The van der Waals surface area contributed by atoms with E-state index in [1.165, 1.54) is 0 Å². The van der Waals surface area contributed by atoms with Crippen molar-refractivity contribution in [3.63, 3.8) is 0 Å². The summed E-state index contributed by atoms with van der Waals surface area (Å²) >= 11 is 3.28. The molecule has 5 heteroatoms. The number of halogens is 1. The Bertz CT molecular complexity index is 141. The van der Waals surface area contributed by atoms with Crippen molar-refractivity contribution in [1.29, 1.82) is 0 Å². The smallest absolute Gasteiger partial charge is 0.404 e. The van der Waals surface area contributed by atoms with Crippen LogP contribution in [0.25, 0.3) is 0 Å². The minimum atomic E-state index is -1.00. The molecule has 1 rings (SSSR count). The number of amides is 1. The molecular weight excluding hydrogens is 202 g/mol. The topological polar surface area (TPSA) is 58.6 Å². The van der Waals surface area contributed by atoms with Crippen LogP contribution in [0.5, 0.6) is 0 Å². The molecule has 2 N–H and O–H groups in total. The van der Waals surface area contributed by atoms with Gasteiger partial charge in [0.15, 0.2) is 0 Å². The lowest BCUT2D eigenvalue weighted by Gasteiger charge is -2.10. The second-order valence-electron chi connectivity index (χ2n) is 2.11. The number of alkyl halides is 1. The molecule has 1 amide bonds. The van der Waals surface area contributed by atoms with Gasteiger partial charge in [0.1, 0.15) is 0 Å². The van der Waals surface area contributed by atoms with Gasteiger partial charge in [-0.05, 0) is 0 Å². The number of carboxylic acid groups (broad SMARTS) is 1. The molecule has 1 heterocycles. The lowest BCUT2D eigenvalue weighted by molar-refractivity contribution is 0.175. The third kappa shape index (κ3) is 1.85. The highest BCUT2D eigenvalue weighted by Crippen LogP contribution is 2.13. The molecule has 0 aromatic rings. The van der Waals surface area contributed by atoms with E-state index in [-0.39, 0.29) is 10.9 Å². The van der Waals surface area contributed by atoms with E-state index < -0.39 is 6.09 Å². The monoisotopic (exact) mass is 209 g/mol. The lowest BCUT2D eigenvalue weighted by atomic mass is 10.3. The van der Waals surface area contributed by atoms with Gasteiger partial charge in [-0.2, -0.15) is 0 Å². The molecule has 2 atom stereocenters. The molecule has 10 heavy (non-hydrogen) atoms. The number of carbonyl (C=O) groups is 1. The van der Waals surface area contributed by atoms with Gasteiger partial charge in [0.25, 0.3) is 0 Å². The highest BCUT2D eigenvalue weighted by molar-refractivity contribution is 9.09. The molecular formula is C5H8BrNO3. The number of rotatable bonds is 1. The third-order valence-electron chi connectivity index (χ3n) is 1.32. The van der Waals surface area contributed by atoms with Crippen LogP contribution in [0.15, 0.2) is 0 Å². The molecule has 0 aliphatic carbocycles. The van der Waals surface area contributed by atoms with Crippen molar-refractivity contribution in [2.45, 2.75) is 10.9 Å². The highest BCUT2D eigenvalue weighted by atomic mass is 79.9. The second kappa shape index (κ2) is 3.21. The van der Waals surface area contributed by atoms with E-state index in [4.69, 9.17) is 9.84 Å². The van der Waals surface area contributed by atoms with Gasteiger partial charge in [-0.3, -0.25) is 0 Å². The van der Waals surface area contributed by atoms with Crippen molar-refractivity contribution >= 4 is 22.0 Å². The van der Waals surface area contributed by atoms with Crippen LogP contribution in [0, 0.1) is 0 Å². The van der Waals surface area contributed by atoms with Gasteiger partial charge in [0.05, 0.1) is 24.1 Å². The minimum absolute atomic E-state index is 0.0995. The zero-order valence-corrected chi connectivity index (χ0v) is 6.80. The molecule has 1 aliphatic rings. The first-order valence-corrected chi connectivity index (χ1v) is 3.83. The molecule has 0 radical (unpaired) electrons. The molecule has 1 fully saturated rings. The van der Waals surface area contributed by atoms with E-state index in [0.29, 0.717) is 13.2 Å². The average molecular weight is 210 g/mol. The molecule has 58 valence electrons. The molecule has 0 saturated carbocycles. The maximum Gasteiger partial charge on any atom is 0.404 e. The zero-order valence-electron chi connectivity index (χ0n) is 5.21. The Balaban J connectivity index is 2.33. The van der Waals surface area contributed by atoms with Crippen LogP contribution in [-0.2, 0) is 4.74 Å². The highest BCUT2D eigenvalue weighted by Gasteiger charge is 2.26. The average Bonchev–Trinajstić information content (AvgIpc) is 2.15. The fourth-order valence-electron chi connectivity index (χ4n) is 0.819.